The lowest BCUT2D eigenvalue weighted by atomic mass is 9.73. The lowest BCUT2D eigenvalue weighted by Crippen LogP contribution is -2.40. The highest BCUT2D eigenvalue weighted by Gasteiger charge is 2.42. The molecule has 0 spiro atoms. The van der Waals surface area contributed by atoms with Gasteiger partial charge in [-0.15, -0.1) is 0 Å². The molecule has 162 valence electrons. The van der Waals surface area contributed by atoms with Gasteiger partial charge >= 0.3 is 0 Å². The van der Waals surface area contributed by atoms with E-state index < -0.39 is 11.2 Å². The lowest BCUT2D eigenvalue weighted by molar-refractivity contribution is -0.0520. The molecule has 4 aromatic carbocycles. The molecule has 0 amide bonds. The zero-order valence-corrected chi connectivity index (χ0v) is 18.7. The van der Waals surface area contributed by atoms with Crippen LogP contribution in [0, 0.1) is 13.8 Å². The molecule has 0 bridgehead atoms. The first-order chi connectivity index (χ1) is 15.4. The van der Waals surface area contributed by atoms with Crippen LogP contribution in [0.25, 0.3) is 0 Å². The van der Waals surface area contributed by atoms with Gasteiger partial charge in [-0.05, 0) is 47.2 Å². The predicted molar refractivity (Wildman–Crippen MR) is 130 cm³/mol. The molecule has 0 aromatic heterocycles. The summed E-state index contributed by atoms with van der Waals surface area (Å²) in [6, 6.07) is 35.3. The molecule has 0 aliphatic rings. The van der Waals surface area contributed by atoms with E-state index in [0.29, 0.717) is 6.42 Å². The molecule has 0 saturated heterocycles. The van der Waals surface area contributed by atoms with Crippen molar-refractivity contribution in [2.24, 2.45) is 0 Å². The topological polar surface area (TPSA) is 40.5 Å². The summed E-state index contributed by atoms with van der Waals surface area (Å²) in [5, 5.41) is 24.4. The fourth-order valence-electron chi connectivity index (χ4n) is 4.49. The second-order valence-electron chi connectivity index (χ2n) is 8.76. The van der Waals surface area contributed by atoms with Crippen LogP contribution in [0.4, 0.5) is 0 Å². The van der Waals surface area contributed by atoms with Gasteiger partial charge in [0.15, 0.2) is 0 Å². The first kappa shape index (κ1) is 22.0. The first-order valence-electron chi connectivity index (χ1n) is 11.1. The molecule has 0 saturated carbocycles. The second-order valence-corrected chi connectivity index (χ2v) is 8.76. The third-order valence-electron chi connectivity index (χ3n) is 6.43. The van der Waals surface area contributed by atoms with Crippen molar-refractivity contribution in [1.29, 1.82) is 0 Å². The number of aliphatic hydroxyl groups is 2. The van der Waals surface area contributed by atoms with E-state index in [-0.39, 0.29) is 6.42 Å². The van der Waals surface area contributed by atoms with E-state index in [1.54, 1.807) is 0 Å². The molecule has 0 radical (unpaired) electrons. The van der Waals surface area contributed by atoms with Gasteiger partial charge in [-0.2, -0.15) is 0 Å². The van der Waals surface area contributed by atoms with Crippen molar-refractivity contribution in [2.45, 2.75) is 37.9 Å². The van der Waals surface area contributed by atoms with Gasteiger partial charge in [0.25, 0.3) is 0 Å². The van der Waals surface area contributed by atoms with Crippen LogP contribution in [0.1, 0.15) is 39.8 Å². The van der Waals surface area contributed by atoms with Gasteiger partial charge in [0.05, 0.1) is 5.60 Å². The van der Waals surface area contributed by atoms with Gasteiger partial charge in [0.2, 0.25) is 0 Å². The van der Waals surface area contributed by atoms with Crippen molar-refractivity contribution < 1.29 is 10.2 Å². The maximum atomic E-state index is 12.2. The van der Waals surface area contributed by atoms with Gasteiger partial charge in [0.1, 0.15) is 5.60 Å². The predicted octanol–water partition coefficient (Wildman–Crippen LogP) is 6.06. The van der Waals surface area contributed by atoms with Crippen LogP contribution in [0.3, 0.4) is 0 Å². The Labute approximate surface area is 190 Å². The van der Waals surface area contributed by atoms with E-state index in [9.17, 15) is 10.2 Å². The maximum absolute atomic E-state index is 12.2. The van der Waals surface area contributed by atoms with Gasteiger partial charge in [-0.25, -0.2) is 0 Å². The van der Waals surface area contributed by atoms with Crippen LogP contribution in [-0.4, -0.2) is 10.2 Å². The Morgan fingerprint density at radius 2 is 1.03 bits per heavy atom. The minimum atomic E-state index is -1.35. The van der Waals surface area contributed by atoms with Crippen LogP contribution in [-0.2, 0) is 17.6 Å². The monoisotopic (exact) mass is 422 g/mol. The number of aryl methyl sites for hydroxylation is 2. The molecular formula is C30H30O2. The largest absolute Gasteiger partial charge is 0.385 e. The van der Waals surface area contributed by atoms with Crippen LogP contribution < -0.4 is 0 Å². The zero-order valence-electron chi connectivity index (χ0n) is 18.7. The van der Waals surface area contributed by atoms with Gasteiger partial charge in [0, 0.05) is 12.8 Å². The summed E-state index contributed by atoms with van der Waals surface area (Å²) >= 11 is 0. The fraction of sp³-hybridized carbons (Fsp3) is 0.200. The highest BCUT2D eigenvalue weighted by molar-refractivity contribution is 5.39. The summed E-state index contributed by atoms with van der Waals surface area (Å²) in [5.41, 5.74) is 3.16. The van der Waals surface area contributed by atoms with E-state index in [4.69, 9.17) is 0 Å². The summed E-state index contributed by atoms with van der Waals surface area (Å²) in [6.07, 6.45) is 0.533. The molecule has 0 fully saturated rings. The van der Waals surface area contributed by atoms with Crippen molar-refractivity contribution in [3.63, 3.8) is 0 Å². The van der Waals surface area contributed by atoms with Crippen molar-refractivity contribution in [2.75, 3.05) is 0 Å². The molecule has 4 aromatic rings. The Bertz CT molecular complexity index is 1110. The normalized spacial score (nSPS) is 13.5. The third kappa shape index (κ3) is 4.52. The quantitative estimate of drug-likeness (QED) is 0.380. The summed E-state index contributed by atoms with van der Waals surface area (Å²) in [5.74, 6) is 0. The minimum absolute atomic E-state index is 0.130. The molecule has 0 heterocycles. The van der Waals surface area contributed by atoms with Crippen LogP contribution in [0.15, 0.2) is 109 Å². The molecule has 32 heavy (non-hydrogen) atoms. The van der Waals surface area contributed by atoms with E-state index in [0.717, 1.165) is 22.3 Å². The highest BCUT2D eigenvalue weighted by Crippen LogP contribution is 2.42. The standard InChI is InChI=1S/C30H30O2/c1-23-18-19-25(20-24(23)2)21-29(31,26-12-6-3-7-13-26)22-30(32,27-14-8-4-9-15-27)28-16-10-5-11-17-28/h3-20,31-32H,21-22H2,1-2H3. The number of benzene rings is 4. The SMILES string of the molecule is Cc1ccc(CC(O)(CC(O)(c2ccccc2)c2ccccc2)c2ccccc2)cc1C. The van der Waals surface area contributed by atoms with Crippen molar-refractivity contribution in [1.82, 2.24) is 0 Å². The van der Waals surface area contributed by atoms with E-state index >= 15 is 0 Å². The fourth-order valence-corrected chi connectivity index (χ4v) is 4.49. The minimum Gasteiger partial charge on any atom is -0.385 e. The first-order valence-corrected chi connectivity index (χ1v) is 11.1. The van der Waals surface area contributed by atoms with E-state index in [1.807, 2.05) is 91.0 Å². The summed E-state index contributed by atoms with van der Waals surface area (Å²) in [7, 11) is 0. The summed E-state index contributed by atoms with van der Waals surface area (Å²) in [4.78, 5) is 0. The van der Waals surface area contributed by atoms with Crippen LogP contribution in [0.5, 0.6) is 0 Å². The molecule has 0 aliphatic heterocycles. The van der Waals surface area contributed by atoms with Crippen LogP contribution >= 0.6 is 0 Å². The van der Waals surface area contributed by atoms with Crippen molar-refractivity contribution in [3.8, 4) is 0 Å². The molecular weight excluding hydrogens is 392 g/mol. The van der Waals surface area contributed by atoms with E-state index in [1.165, 1.54) is 11.1 Å². The molecule has 2 N–H and O–H groups in total. The summed E-state index contributed by atoms with van der Waals surface area (Å²) < 4.78 is 0. The zero-order chi connectivity index (χ0) is 22.6. The highest BCUT2D eigenvalue weighted by atomic mass is 16.3. The Balaban J connectivity index is 1.83. The van der Waals surface area contributed by atoms with Gasteiger partial charge in [-0.3, -0.25) is 0 Å². The smallest absolute Gasteiger partial charge is 0.118 e. The number of hydrogen-bond donors (Lipinski definition) is 2. The molecule has 0 aliphatic carbocycles. The number of hydrogen-bond acceptors (Lipinski definition) is 2. The number of rotatable bonds is 7. The van der Waals surface area contributed by atoms with Gasteiger partial charge in [-0.1, -0.05) is 109 Å². The van der Waals surface area contributed by atoms with Crippen molar-refractivity contribution in [3.05, 3.63) is 143 Å². The third-order valence-corrected chi connectivity index (χ3v) is 6.43. The Hall–Kier alpha value is -3.20. The van der Waals surface area contributed by atoms with Crippen molar-refractivity contribution >= 4 is 0 Å². The molecule has 1 atom stereocenters. The maximum Gasteiger partial charge on any atom is 0.118 e. The summed E-state index contributed by atoms with van der Waals surface area (Å²) in [6.45, 7) is 4.18. The molecule has 2 heteroatoms. The Kier molecular flexibility index (Phi) is 6.27. The van der Waals surface area contributed by atoms with E-state index in [2.05, 4.69) is 32.0 Å². The average Bonchev–Trinajstić information content (AvgIpc) is 2.83. The second kappa shape index (κ2) is 9.12. The van der Waals surface area contributed by atoms with Crippen LogP contribution in [0.2, 0.25) is 0 Å². The molecule has 2 nitrogen and oxygen atoms in total. The average molecular weight is 423 g/mol. The Morgan fingerprint density at radius 3 is 1.50 bits per heavy atom. The van der Waals surface area contributed by atoms with Gasteiger partial charge < -0.3 is 10.2 Å². The molecule has 1 unspecified atom stereocenters. The lowest BCUT2D eigenvalue weighted by Gasteiger charge is -2.39. The Morgan fingerprint density at radius 1 is 0.562 bits per heavy atom. The molecule has 4 rings (SSSR count).